The molecule has 0 radical (unpaired) electrons. The fraction of sp³-hybridized carbons (Fsp3) is 0.843. The highest BCUT2D eigenvalue weighted by atomic mass is 16.6. The van der Waals surface area contributed by atoms with Gasteiger partial charge in [0, 0.05) is 19.3 Å². The van der Waals surface area contributed by atoms with Crippen LogP contribution in [0.15, 0.2) is 48.6 Å². The fourth-order valence-electron chi connectivity index (χ4n) is 10.1. The molecule has 0 rings (SSSR count). The van der Waals surface area contributed by atoms with Crippen LogP contribution in [0.4, 0.5) is 0 Å². The second kappa shape index (κ2) is 64.9. The van der Waals surface area contributed by atoms with Crippen LogP contribution >= 0.6 is 0 Å². The highest BCUT2D eigenvalue weighted by Crippen LogP contribution is 2.18. The zero-order valence-corrected chi connectivity index (χ0v) is 51.0. The van der Waals surface area contributed by atoms with Crippen molar-refractivity contribution in [2.24, 2.45) is 0 Å². The van der Waals surface area contributed by atoms with Gasteiger partial charge in [0.05, 0.1) is 0 Å². The van der Waals surface area contributed by atoms with Crippen molar-refractivity contribution in [3.05, 3.63) is 48.6 Å². The number of esters is 3. The van der Waals surface area contributed by atoms with Crippen LogP contribution in [-0.2, 0) is 28.6 Å². The van der Waals surface area contributed by atoms with Gasteiger partial charge in [0.15, 0.2) is 6.10 Å². The standard InChI is InChI=1S/C70H128O6/c1-4-7-10-13-16-19-22-24-26-28-29-30-31-32-33-34-35-36-37-38-39-40-42-43-45-48-51-54-57-60-63-69(72)75-66-67(65-74-68(71)62-59-56-53-50-47-21-18-15-12-9-6-3)76-70(73)64-61-58-55-52-49-46-44-41-27-25-23-20-17-14-11-8-5-2/h8,11,17,20,25,27,44,46,67H,4-7,9-10,12-16,18-19,21-24,26,28-43,45,47-66H2,1-3H3/b11-8-,20-17-,27-25-,46-44-. The van der Waals surface area contributed by atoms with Crippen molar-refractivity contribution in [3.8, 4) is 0 Å². The van der Waals surface area contributed by atoms with Gasteiger partial charge >= 0.3 is 17.9 Å². The lowest BCUT2D eigenvalue weighted by Crippen LogP contribution is -2.30. The van der Waals surface area contributed by atoms with E-state index in [2.05, 4.69) is 69.4 Å². The van der Waals surface area contributed by atoms with Crippen molar-refractivity contribution in [1.29, 1.82) is 0 Å². The molecule has 76 heavy (non-hydrogen) atoms. The van der Waals surface area contributed by atoms with Crippen molar-refractivity contribution in [2.75, 3.05) is 13.2 Å². The van der Waals surface area contributed by atoms with Crippen LogP contribution in [0.25, 0.3) is 0 Å². The van der Waals surface area contributed by atoms with E-state index < -0.39 is 6.10 Å². The molecule has 444 valence electrons. The Morgan fingerprint density at radius 3 is 0.803 bits per heavy atom. The third-order valence-corrected chi connectivity index (χ3v) is 15.1. The summed E-state index contributed by atoms with van der Waals surface area (Å²) < 4.78 is 16.9. The molecule has 0 aliphatic rings. The van der Waals surface area contributed by atoms with Crippen LogP contribution in [0.3, 0.4) is 0 Å². The molecule has 0 heterocycles. The topological polar surface area (TPSA) is 78.9 Å². The summed E-state index contributed by atoms with van der Waals surface area (Å²) in [5.74, 6) is -0.882. The molecular formula is C70H128O6. The van der Waals surface area contributed by atoms with Crippen LogP contribution in [0, 0.1) is 0 Å². The zero-order valence-electron chi connectivity index (χ0n) is 51.0. The lowest BCUT2D eigenvalue weighted by molar-refractivity contribution is -0.167. The Morgan fingerprint density at radius 1 is 0.276 bits per heavy atom. The number of unbranched alkanes of at least 4 members (excludes halogenated alkanes) is 43. The number of carbonyl (C=O) groups excluding carboxylic acids is 3. The van der Waals surface area contributed by atoms with E-state index in [1.807, 2.05) is 0 Å². The Balaban J connectivity index is 4.13. The first-order valence-electron chi connectivity index (χ1n) is 33.6. The summed E-state index contributed by atoms with van der Waals surface area (Å²) in [6.07, 6.45) is 81.5. The van der Waals surface area contributed by atoms with E-state index >= 15 is 0 Å². The molecule has 0 saturated carbocycles. The second-order valence-electron chi connectivity index (χ2n) is 22.7. The van der Waals surface area contributed by atoms with E-state index in [-0.39, 0.29) is 31.1 Å². The van der Waals surface area contributed by atoms with Crippen LogP contribution < -0.4 is 0 Å². The van der Waals surface area contributed by atoms with Gasteiger partial charge in [-0.05, 0) is 57.8 Å². The molecule has 6 heteroatoms. The summed E-state index contributed by atoms with van der Waals surface area (Å²) in [5.41, 5.74) is 0. The summed E-state index contributed by atoms with van der Waals surface area (Å²) in [4.78, 5) is 38.2. The number of rotatable bonds is 62. The fourth-order valence-corrected chi connectivity index (χ4v) is 10.1. The summed E-state index contributed by atoms with van der Waals surface area (Å²) in [5, 5.41) is 0. The molecule has 0 amide bonds. The molecule has 0 spiro atoms. The number of carbonyl (C=O) groups is 3. The summed E-state index contributed by atoms with van der Waals surface area (Å²) in [7, 11) is 0. The Bertz CT molecular complexity index is 1310. The van der Waals surface area contributed by atoms with Gasteiger partial charge in [-0.2, -0.15) is 0 Å². The Kier molecular flexibility index (Phi) is 62.6. The maximum atomic E-state index is 12.9. The van der Waals surface area contributed by atoms with E-state index in [9.17, 15) is 14.4 Å². The first-order chi connectivity index (χ1) is 37.5. The second-order valence-corrected chi connectivity index (χ2v) is 22.7. The van der Waals surface area contributed by atoms with Gasteiger partial charge in [0.2, 0.25) is 0 Å². The van der Waals surface area contributed by atoms with Gasteiger partial charge in [-0.1, -0.05) is 333 Å². The molecule has 0 aromatic rings. The number of ether oxygens (including phenoxy) is 3. The van der Waals surface area contributed by atoms with Gasteiger partial charge < -0.3 is 14.2 Å². The van der Waals surface area contributed by atoms with Gasteiger partial charge in [0.1, 0.15) is 13.2 Å². The molecule has 0 aromatic carbocycles. The average Bonchev–Trinajstić information content (AvgIpc) is 3.42. The monoisotopic (exact) mass is 1060 g/mol. The first kappa shape index (κ1) is 73.4. The van der Waals surface area contributed by atoms with Crippen LogP contribution in [-0.4, -0.2) is 37.2 Å². The van der Waals surface area contributed by atoms with Gasteiger partial charge in [-0.15, -0.1) is 0 Å². The van der Waals surface area contributed by atoms with E-state index in [0.29, 0.717) is 19.3 Å². The first-order valence-corrected chi connectivity index (χ1v) is 33.6. The summed E-state index contributed by atoms with van der Waals surface area (Å²) >= 11 is 0. The van der Waals surface area contributed by atoms with Crippen molar-refractivity contribution in [2.45, 2.75) is 367 Å². The Labute approximate surface area is 473 Å². The minimum absolute atomic E-state index is 0.0786. The van der Waals surface area contributed by atoms with Crippen LogP contribution in [0.5, 0.6) is 0 Å². The smallest absolute Gasteiger partial charge is 0.306 e. The molecule has 1 atom stereocenters. The van der Waals surface area contributed by atoms with Crippen molar-refractivity contribution >= 4 is 17.9 Å². The van der Waals surface area contributed by atoms with Crippen LogP contribution in [0.1, 0.15) is 361 Å². The summed E-state index contributed by atoms with van der Waals surface area (Å²) in [6.45, 7) is 6.55. The van der Waals surface area contributed by atoms with Crippen molar-refractivity contribution < 1.29 is 28.6 Å². The highest BCUT2D eigenvalue weighted by molar-refractivity contribution is 5.71. The zero-order chi connectivity index (χ0) is 55.0. The maximum Gasteiger partial charge on any atom is 0.306 e. The van der Waals surface area contributed by atoms with Crippen LogP contribution in [0.2, 0.25) is 0 Å². The largest absolute Gasteiger partial charge is 0.462 e. The number of allylic oxidation sites excluding steroid dienone is 8. The average molecular weight is 1070 g/mol. The highest BCUT2D eigenvalue weighted by Gasteiger charge is 2.19. The van der Waals surface area contributed by atoms with E-state index in [4.69, 9.17) is 14.2 Å². The number of hydrogen-bond donors (Lipinski definition) is 0. The SMILES string of the molecule is CC/C=C\C/C=C\C/C=C\C/C=C\CCCCCCC(=O)OC(COC(=O)CCCCCCCCCCCCC)COC(=O)CCCCCCCCCCCCCCCCCCCCCCCCCCCCCCCC. The molecular weight excluding hydrogens is 937 g/mol. The lowest BCUT2D eigenvalue weighted by Gasteiger charge is -2.18. The molecule has 1 unspecified atom stereocenters. The molecule has 0 aromatic heterocycles. The molecule has 0 saturated heterocycles. The predicted octanol–water partition coefficient (Wildman–Crippen LogP) is 22.9. The quantitative estimate of drug-likeness (QED) is 0.0261. The van der Waals surface area contributed by atoms with E-state index in [1.54, 1.807) is 0 Å². The molecule has 6 nitrogen and oxygen atoms in total. The molecule has 0 N–H and O–H groups in total. The lowest BCUT2D eigenvalue weighted by atomic mass is 10.0. The number of hydrogen-bond acceptors (Lipinski definition) is 6. The minimum atomic E-state index is -0.783. The predicted molar refractivity (Wildman–Crippen MR) is 330 cm³/mol. The Morgan fingerprint density at radius 2 is 0.513 bits per heavy atom. The van der Waals surface area contributed by atoms with Gasteiger partial charge in [-0.3, -0.25) is 14.4 Å². The van der Waals surface area contributed by atoms with Crippen molar-refractivity contribution in [1.82, 2.24) is 0 Å². The third-order valence-electron chi connectivity index (χ3n) is 15.1. The van der Waals surface area contributed by atoms with E-state index in [1.165, 1.54) is 225 Å². The molecule has 0 bridgehead atoms. The molecule has 0 aliphatic carbocycles. The molecule has 0 fully saturated rings. The van der Waals surface area contributed by atoms with Gasteiger partial charge in [0.25, 0.3) is 0 Å². The van der Waals surface area contributed by atoms with Crippen molar-refractivity contribution in [3.63, 3.8) is 0 Å². The minimum Gasteiger partial charge on any atom is -0.462 e. The summed E-state index contributed by atoms with van der Waals surface area (Å²) in [6, 6.07) is 0. The molecule has 0 aliphatic heterocycles. The Hall–Kier alpha value is -2.63. The normalized spacial score (nSPS) is 12.3. The van der Waals surface area contributed by atoms with Gasteiger partial charge in [-0.25, -0.2) is 0 Å². The third kappa shape index (κ3) is 62.2. The van der Waals surface area contributed by atoms with E-state index in [0.717, 1.165) is 96.3 Å². The maximum absolute atomic E-state index is 12.9.